The number of hydrogen-bond acceptors (Lipinski definition) is 8. The van der Waals surface area contributed by atoms with Crippen molar-refractivity contribution in [1.29, 1.82) is 5.26 Å². The van der Waals surface area contributed by atoms with Gasteiger partial charge in [0.2, 0.25) is 0 Å². The largest absolute Gasteiger partial charge is 0.352 e. The number of benzene rings is 1. The summed E-state index contributed by atoms with van der Waals surface area (Å²) in [6.45, 7) is 4.21. The van der Waals surface area contributed by atoms with Crippen molar-refractivity contribution < 1.29 is 0 Å². The molecule has 3 aromatic rings. The Bertz CT molecular complexity index is 988. The predicted molar refractivity (Wildman–Crippen MR) is 103 cm³/mol. The van der Waals surface area contributed by atoms with E-state index in [2.05, 4.69) is 41.2 Å². The Morgan fingerprint density at radius 1 is 1.11 bits per heavy atom. The summed E-state index contributed by atoms with van der Waals surface area (Å²) >= 11 is 6.01. The second kappa shape index (κ2) is 8.29. The van der Waals surface area contributed by atoms with Crippen LogP contribution >= 0.6 is 11.6 Å². The summed E-state index contributed by atoms with van der Waals surface area (Å²) in [7, 11) is 0. The first-order valence-corrected chi connectivity index (χ1v) is 9.34. The van der Waals surface area contributed by atoms with Gasteiger partial charge >= 0.3 is 0 Å². The Balaban J connectivity index is 1.31. The molecule has 10 heteroatoms. The molecule has 3 heterocycles. The molecular weight excluding hydrogens is 378 g/mol. The topological polar surface area (TPSA) is 99.6 Å². The number of aromatic nitrogens is 6. The van der Waals surface area contributed by atoms with Gasteiger partial charge in [-0.2, -0.15) is 5.26 Å². The van der Waals surface area contributed by atoms with E-state index < -0.39 is 0 Å². The number of rotatable bonds is 5. The van der Waals surface area contributed by atoms with Crippen molar-refractivity contribution in [3.8, 4) is 11.8 Å². The predicted octanol–water partition coefficient (Wildman–Crippen LogP) is 1.34. The van der Waals surface area contributed by atoms with Gasteiger partial charge in [-0.1, -0.05) is 17.7 Å². The number of halogens is 1. The lowest BCUT2D eigenvalue weighted by molar-refractivity contribution is 0.258. The minimum atomic E-state index is 0.373. The molecule has 4 rings (SSSR count). The molecule has 0 saturated carbocycles. The molecule has 28 heavy (non-hydrogen) atoms. The molecule has 0 atom stereocenters. The van der Waals surface area contributed by atoms with Crippen LogP contribution < -0.4 is 4.90 Å². The van der Waals surface area contributed by atoms with Crippen molar-refractivity contribution in [3.63, 3.8) is 0 Å². The summed E-state index contributed by atoms with van der Waals surface area (Å²) in [6.07, 6.45) is 3.88. The maximum atomic E-state index is 9.19. The quantitative estimate of drug-likeness (QED) is 0.638. The number of piperazine rings is 1. The fraction of sp³-hybridized carbons (Fsp3) is 0.333. The maximum Gasteiger partial charge on any atom is 0.183 e. The summed E-state index contributed by atoms with van der Waals surface area (Å²) in [5.41, 5.74) is 1.16. The van der Waals surface area contributed by atoms with Crippen LogP contribution in [0.2, 0.25) is 5.02 Å². The van der Waals surface area contributed by atoms with Gasteiger partial charge in [0.15, 0.2) is 17.3 Å². The van der Waals surface area contributed by atoms with Gasteiger partial charge < -0.3 is 4.90 Å². The Labute approximate surface area is 167 Å². The Hall–Kier alpha value is -3.09. The highest BCUT2D eigenvalue weighted by Gasteiger charge is 2.21. The Kier molecular flexibility index (Phi) is 5.41. The normalized spacial score (nSPS) is 14.8. The molecule has 0 bridgehead atoms. The number of nitriles is 1. The monoisotopic (exact) mass is 395 g/mol. The van der Waals surface area contributed by atoms with Crippen molar-refractivity contribution in [1.82, 2.24) is 35.1 Å². The standard InChI is InChI=1S/C18H18ClN9/c19-14-2-1-3-15(12-14)28-24-17(23-25-28)4-7-26-8-10-27(11-9-26)18-16(13-20)21-5-6-22-18/h1-3,5-6,12H,4,7-11H2. The molecule has 0 unspecified atom stereocenters. The van der Waals surface area contributed by atoms with Crippen molar-refractivity contribution in [2.24, 2.45) is 0 Å². The SMILES string of the molecule is N#Cc1nccnc1N1CCN(CCc2nnn(-c3cccc(Cl)c3)n2)CC1. The van der Waals surface area contributed by atoms with E-state index in [1.165, 1.54) is 4.80 Å². The molecule has 142 valence electrons. The van der Waals surface area contributed by atoms with E-state index in [0.717, 1.165) is 44.8 Å². The molecule has 2 aromatic heterocycles. The minimum absolute atomic E-state index is 0.373. The molecule has 0 amide bonds. The Morgan fingerprint density at radius 3 is 2.71 bits per heavy atom. The first-order valence-electron chi connectivity index (χ1n) is 8.96. The van der Waals surface area contributed by atoms with Crippen LogP contribution in [0.5, 0.6) is 0 Å². The van der Waals surface area contributed by atoms with E-state index in [0.29, 0.717) is 22.4 Å². The van der Waals surface area contributed by atoms with Crippen LogP contribution in [-0.2, 0) is 6.42 Å². The molecule has 0 N–H and O–H groups in total. The fourth-order valence-electron chi connectivity index (χ4n) is 3.14. The number of tetrazole rings is 1. The molecule has 1 aliphatic heterocycles. The van der Waals surface area contributed by atoms with Crippen molar-refractivity contribution in [2.45, 2.75) is 6.42 Å². The van der Waals surface area contributed by atoms with Gasteiger partial charge in [-0.05, 0) is 23.4 Å². The third-order valence-corrected chi connectivity index (χ3v) is 4.84. The summed E-state index contributed by atoms with van der Waals surface area (Å²) in [6, 6.07) is 9.46. The van der Waals surface area contributed by atoms with Gasteiger partial charge in [0, 0.05) is 56.6 Å². The van der Waals surface area contributed by atoms with E-state index in [1.54, 1.807) is 18.5 Å². The van der Waals surface area contributed by atoms with Crippen LogP contribution in [0.1, 0.15) is 11.5 Å². The van der Waals surface area contributed by atoms with E-state index in [-0.39, 0.29) is 0 Å². The second-order valence-corrected chi connectivity index (χ2v) is 6.83. The van der Waals surface area contributed by atoms with E-state index >= 15 is 0 Å². The third kappa shape index (κ3) is 4.08. The maximum absolute atomic E-state index is 9.19. The molecule has 9 nitrogen and oxygen atoms in total. The molecule has 1 fully saturated rings. The third-order valence-electron chi connectivity index (χ3n) is 4.60. The van der Waals surface area contributed by atoms with Crippen molar-refractivity contribution >= 4 is 17.4 Å². The molecule has 0 radical (unpaired) electrons. The number of nitrogens with zero attached hydrogens (tertiary/aromatic N) is 9. The van der Waals surface area contributed by atoms with Gasteiger partial charge in [0.25, 0.3) is 0 Å². The number of anilines is 1. The lowest BCUT2D eigenvalue weighted by Gasteiger charge is -2.35. The minimum Gasteiger partial charge on any atom is -0.352 e. The fourth-order valence-corrected chi connectivity index (χ4v) is 3.32. The molecule has 1 aromatic carbocycles. The van der Waals surface area contributed by atoms with E-state index in [9.17, 15) is 5.26 Å². The average Bonchev–Trinajstić information content (AvgIpc) is 3.22. The summed E-state index contributed by atoms with van der Waals surface area (Å²) in [4.78, 5) is 14.3. The molecular formula is C18H18ClN9. The zero-order chi connectivity index (χ0) is 19.3. The van der Waals surface area contributed by atoms with Crippen molar-refractivity contribution in [2.75, 3.05) is 37.6 Å². The van der Waals surface area contributed by atoms with E-state index in [1.807, 2.05) is 18.2 Å². The average molecular weight is 396 g/mol. The first kappa shape index (κ1) is 18.3. The summed E-state index contributed by atoms with van der Waals surface area (Å²) in [5.74, 6) is 1.36. The van der Waals surface area contributed by atoms with Gasteiger partial charge in [0.05, 0.1) is 5.69 Å². The summed E-state index contributed by atoms with van der Waals surface area (Å²) < 4.78 is 0. The highest BCUT2D eigenvalue weighted by atomic mass is 35.5. The highest BCUT2D eigenvalue weighted by molar-refractivity contribution is 6.30. The summed E-state index contributed by atoms with van der Waals surface area (Å²) in [5, 5.41) is 22.5. The molecule has 1 aliphatic rings. The molecule has 0 spiro atoms. The highest BCUT2D eigenvalue weighted by Crippen LogP contribution is 2.16. The zero-order valence-corrected chi connectivity index (χ0v) is 15.9. The van der Waals surface area contributed by atoms with Gasteiger partial charge in [-0.15, -0.1) is 15.0 Å². The van der Waals surface area contributed by atoms with Crippen LogP contribution in [0.25, 0.3) is 5.69 Å². The van der Waals surface area contributed by atoms with Crippen LogP contribution in [0.4, 0.5) is 5.82 Å². The van der Waals surface area contributed by atoms with E-state index in [4.69, 9.17) is 11.6 Å². The molecule has 0 aliphatic carbocycles. The smallest absolute Gasteiger partial charge is 0.183 e. The van der Waals surface area contributed by atoms with Crippen LogP contribution in [0.3, 0.4) is 0 Å². The van der Waals surface area contributed by atoms with Gasteiger partial charge in [0.1, 0.15) is 6.07 Å². The van der Waals surface area contributed by atoms with Crippen LogP contribution in [0, 0.1) is 11.3 Å². The van der Waals surface area contributed by atoms with Crippen molar-refractivity contribution in [3.05, 3.63) is 53.2 Å². The lowest BCUT2D eigenvalue weighted by atomic mass is 10.2. The van der Waals surface area contributed by atoms with Gasteiger partial charge in [-0.25, -0.2) is 9.97 Å². The van der Waals surface area contributed by atoms with Gasteiger partial charge in [-0.3, -0.25) is 4.90 Å². The molecule has 1 saturated heterocycles. The second-order valence-electron chi connectivity index (χ2n) is 6.39. The zero-order valence-electron chi connectivity index (χ0n) is 15.1. The lowest BCUT2D eigenvalue weighted by Crippen LogP contribution is -2.47. The first-order chi connectivity index (χ1) is 13.7. The Morgan fingerprint density at radius 2 is 1.93 bits per heavy atom. The van der Waals surface area contributed by atoms with Crippen LogP contribution in [0.15, 0.2) is 36.7 Å². The van der Waals surface area contributed by atoms with Crippen LogP contribution in [-0.4, -0.2) is 67.8 Å². The number of hydrogen-bond donors (Lipinski definition) is 0.